The Bertz CT molecular complexity index is 579. The van der Waals surface area contributed by atoms with Gasteiger partial charge in [0.25, 0.3) is 0 Å². The van der Waals surface area contributed by atoms with Gasteiger partial charge in [-0.1, -0.05) is 0 Å². The number of sulfonamides is 1. The highest BCUT2D eigenvalue weighted by Crippen LogP contribution is 2.30. The zero-order valence-electron chi connectivity index (χ0n) is 10.7. The van der Waals surface area contributed by atoms with Crippen LogP contribution in [0.1, 0.15) is 6.42 Å². The van der Waals surface area contributed by atoms with Crippen LogP contribution in [-0.2, 0) is 10.0 Å². The van der Waals surface area contributed by atoms with E-state index in [1.807, 2.05) is 0 Å². The zero-order valence-corrected chi connectivity index (χ0v) is 13.9. The van der Waals surface area contributed by atoms with Crippen LogP contribution in [0.15, 0.2) is 21.5 Å². The standard InChI is InChI=1S/C11H14BrFN2O3S.ClH/c1-18-10-4-8(12)9(13)5-11(10)19(16,17)15-7-2-3-14-6-7;/h4-5,7,14-15H,2-3,6H2,1H3;1H. The normalized spacial score (nSPS) is 18.6. The number of benzene rings is 1. The van der Waals surface area contributed by atoms with Crippen molar-refractivity contribution in [2.24, 2.45) is 0 Å². The van der Waals surface area contributed by atoms with Crippen LogP contribution in [0.2, 0.25) is 0 Å². The Morgan fingerprint density at radius 2 is 2.20 bits per heavy atom. The minimum atomic E-state index is -3.80. The van der Waals surface area contributed by atoms with Crippen LogP contribution in [-0.4, -0.2) is 34.7 Å². The molecule has 5 nitrogen and oxygen atoms in total. The van der Waals surface area contributed by atoms with Crippen molar-refractivity contribution in [2.45, 2.75) is 17.4 Å². The van der Waals surface area contributed by atoms with Gasteiger partial charge in [-0.3, -0.25) is 0 Å². The van der Waals surface area contributed by atoms with Gasteiger partial charge >= 0.3 is 0 Å². The van der Waals surface area contributed by atoms with E-state index in [1.54, 1.807) is 0 Å². The largest absolute Gasteiger partial charge is 0.495 e. The number of methoxy groups -OCH3 is 1. The quantitative estimate of drug-likeness (QED) is 0.822. The predicted octanol–water partition coefficient (Wildman–Crippen LogP) is 1.66. The van der Waals surface area contributed by atoms with Crippen molar-refractivity contribution in [1.29, 1.82) is 0 Å². The monoisotopic (exact) mass is 388 g/mol. The third-order valence-corrected chi connectivity index (χ3v) is 5.03. The lowest BCUT2D eigenvalue weighted by Crippen LogP contribution is -2.36. The van der Waals surface area contributed by atoms with Crippen molar-refractivity contribution in [3.8, 4) is 5.75 Å². The molecule has 0 aliphatic carbocycles. The van der Waals surface area contributed by atoms with E-state index < -0.39 is 15.8 Å². The first-order valence-electron chi connectivity index (χ1n) is 5.70. The second kappa shape index (κ2) is 7.04. The molecule has 1 aromatic carbocycles. The average molecular weight is 390 g/mol. The van der Waals surface area contributed by atoms with Crippen molar-refractivity contribution >= 4 is 38.4 Å². The van der Waals surface area contributed by atoms with Crippen LogP contribution >= 0.6 is 28.3 Å². The molecule has 1 heterocycles. The molecule has 1 fully saturated rings. The Kier molecular flexibility index (Phi) is 6.21. The minimum absolute atomic E-state index is 0. The van der Waals surface area contributed by atoms with E-state index in [-0.39, 0.29) is 33.6 Å². The number of hydrogen-bond acceptors (Lipinski definition) is 4. The lowest BCUT2D eigenvalue weighted by Gasteiger charge is -2.14. The molecule has 1 saturated heterocycles. The van der Waals surface area contributed by atoms with E-state index in [9.17, 15) is 12.8 Å². The first-order chi connectivity index (χ1) is 8.94. The van der Waals surface area contributed by atoms with Gasteiger partial charge in [-0.25, -0.2) is 17.5 Å². The van der Waals surface area contributed by atoms with Crippen LogP contribution in [0.25, 0.3) is 0 Å². The molecule has 0 amide bonds. The Balaban J connectivity index is 0.00000200. The maximum atomic E-state index is 13.5. The molecule has 0 spiro atoms. The van der Waals surface area contributed by atoms with Crippen molar-refractivity contribution in [2.75, 3.05) is 20.2 Å². The van der Waals surface area contributed by atoms with Gasteiger partial charge < -0.3 is 10.1 Å². The zero-order chi connectivity index (χ0) is 14.0. The molecule has 9 heteroatoms. The van der Waals surface area contributed by atoms with Gasteiger partial charge in [0, 0.05) is 12.6 Å². The topological polar surface area (TPSA) is 67.4 Å². The first kappa shape index (κ1) is 17.6. The molecule has 0 saturated carbocycles. The summed E-state index contributed by atoms with van der Waals surface area (Å²) in [6.45, 7) is 1.33. The molecule has 1 aliphatic rings. The Morgan fingerprint density at radius 1 is 1.50 bits per heavy atom. The van der Waals surface area contributed by atoms with Gasteiger partial charge in [-0.2, -0.15) is 0 Å². The molecule has 0 bridgehead atoms. The van der Waals surface area contributed by atoms with Gasteiger partial charge in [0.1, 0.15) is 16.5 Å². The number of halogens is 3. The lowest BCUT2D eigenvalue weighted by molar-refractivity contribution is 0.399. The molecule has 2 rings (SSSR count). The van der Waals surface area contributed by atoms with E-state index in [0.29, 0.717) is 13.0 Å². The maximum Gasteiger partial charge on any atom is 0.244 e. The van der Waals surface area contributed by atoms with E-state index in [1.165, 1.54) is 13.2 Å². The third kappa shape index (κ3) is 3.82. The highest BCUT2D eigenvalue weighted by molar-refractivity contribution is 9.10. The third-order valence-electron chi connectivity index (χ3n) is 2.88. The summed E-state index contributed by atoms with van der Waals surface area (Å²) in [5, 5.41) is 3.06. The Labute approximate surface area is 131 Å². The fraction of sp³-hybridized carbons (Fsp3) is 0.455. The molecule has 114 valence electrons. The lowest BCUT2D eigenvalue weighted by atomic mass is 10.3. The van der Waals surface area contributed by atoms with Crippen LogP contribution in [0.3, 0.4) is 0 Å². The van der Waals surface area contributed by atoms with Gasteiger partial charge in [0.2, 0.25) is 10.0 Å². The van der Waals surface area contributed by atoms with Crippen molar-refractivity contribution in [1.82, 2.24) is 10.0 Å². The molecule has 1 unspecified atom stereocenters. The molecule has 1 atom stereocenters. The molecule has 0 aromatic heterocycles. The van der Waals surface area contributed by atoms with E-state index in [0.717, 1.165) is 12.6 Å². The summed E-state index contributed by atoms with van der Waals surface area (Å²) in [6, 6.07) is 2.08. The fourth-order valence-electron chi connectivity index (χ4n) is 1.92. The number of hydrogen-bond donors (Lipinski definition) is 2. The van der Waals surface area contributed by atoms with E-state index in [4.69, 9.17) is 4.74 Å². The van der Waals surface area contributed by atoms with E-state index in [2.05, 4.69) is 26.0 Å². The van der Waals surface area contributed by atoms with Crippen LogP contribution in [0.5, 0.6) is 5.75 Å². The SMILES string of the molecule is COc1cc(Br)c(F)cc1S(=O)(=O)NC1CCNC1.Cl. The summed E-state index contributed by atoms with van der Waals surface area (Å²) in [4.78, 5) is -0.192. The van der Waals surface area contributed by atoms with Gasteiger partial charge in [-0.05, 0) is 41.0 Å². The Morgan fingerprint density at radius 3 is 2.75 bits per heavy atom. The molecular weight excluding hydrogens is 375 g/mol. The van der Waals surface area contributed by atoms with Gasteiger partial charge in [0.05, 0.1) is 11.6 Å². The van der Waals surface area contributed by atoms with Gasteiger partial charge in [-0.15, -0.1) is 12.4 Å². The summed E-state index contributed by atoms with van der Waals surface area (Å²) >= 11 is 3.00. The molecule has 1 aliphatic heterocycles. The maximum absolute atomic E-state index is 13.5. The molecular formula is C11H15BrClFN2O3S. The van der Waals surface area contributed by atoms with Crippen LogP contribution in [0, 0.1) is 5.82 Å². The minimum Gasteiger partial charge on any atom is -0.495 e. The second-order valence-corrected chi connectivity index (χ2v) is 6.76. The fourth-order valence-corrected chi connectivity index (χ4v) is 3.67. The first-order valence-corrected chi connectivity index (χ1v) is 7.98. The predicted molar refractivity (Wildman–Crippen MR) is 79.5 cm³/mol. The van der Waals surface area contributed by atoms with Crippen molar-refractivity contribution in [3.63, 3.8) is 0 Å². The van der Waals surface area contributed by atoms with Crippen LogP contribution in [0.4, 0.5) is 4.39 Å². The number of rotatable bonds is 4. The van der Waals surface area contributed by atoms with E-state index >= 15 is 0 Å². The van der Waals surface area contributed by atoms with Crippen molar-refractivity contribution in [3.05, 3.63) is 22.4 Å². The molecule has 0 radical (unpaired) electrons. The molecule has 2 N–H and O–H groups in total. The van der Waals surface area contributed by atoms with Crippen LogP contribution < -0.4 is 14.8 Å². The summed E-state index contributed by atoms with van der Waals surface area (Å²) < 4.78 is 45.7. The second-order valence-electron chi connectivity index (χ2n) is 4.23. The Hall–Kier alpha value is -0.410. The smallest absolute Gasteiger partial charge is 0.244 e. The highest BCUT2D eigenvalue weighted by atomic mass is 79.9. The number of ether oxygens (including phenoxy) is 1. The molecule has 20 heavy (non-hydrogen) atoms. The van der Waals surface area contributed by atoms with Crippen molar-refractivity contribution < 1.29 is 17.5 Å². The molecule has 1 aromatic rings. The summed E-state index contributed by atoms with van der Waals surface area (Å²) in [5.74, 6) is -0.544. The average Bonchev–Trinajstić information content (AvgIpc) is 2.84. The summed E-state index contributed by atoms with van der Waals surface area (Å²) in [7, 11) is -2.46. The summed E-state index contributed by atoms with van der Waals surface area (Å²) in [5.41, 5.74) is 0. The summed E-state index contributed by atoms with van der Waals surface area (Å²) in [6.07, 6.45) is 0.709. The highest BCUT2D eigenvalue weighted by Gasteiger charge is 2.26. The van der Waals surface area contributed by atoms with Gasteiger partial charge in [0.15, 0.2) is 0 Å². The number of nitrogens with one attached hydrogen (secondary N) is 2.